The Labute approximate surface area is 95.5 Å². The van der Waals surface area contributed by atoms with Crippen molar-refractivity contribution in [2.24, 2.45) is 0 Å². The topological polar surface area (TPSA) is 49.8 Å². The van der Waals surface area contributed by atoms with Crippen LogP contribution in [0.4, 0.5) is 0 Å². The van der Waals surface area contributed by atoms with Gasteiger partial charge in [0.15, 0.2) is 0 Å². The van der Waals surface area contributed by atoms with Crippen LogP contribution in [0, 0.1) is 6.92 Å². The minimum absolute atomic E-state index is 0.0467. The summed E-state index contributed by atoms with van der Waals surface area (Å²) in [6.07, 6.45) is 0. The molecule has 0 aliphatic carbocycles. The zero-order valence-electron chi connectivity index (χ0n) is 9.86. The molecule has 4 heteroatoms. The second-order valence-corrected chi connectivity index (χ2v) is 3.87. The smallest absolute Gasteiger partial charge is 0.317 e. The molecule has 0 aromatic heterocycles. The van der Waals surface area contributed by atoms with Crippen molar-refractivity contribution in [3.63, 3.8) is 0 Å². The molecule has 4 nitrogen and oxygen atoms in total. The van der Waals surface area contributed by atoms with Crippen LogP contribution in [-0.4, -0.2) is 36.7 Å². The first-order valence-electron chi connectivity index (χ1n) is 5.06. The van der Waals surface area contributed by atoms with E-state index in [0.717, 1.165) is 16.9 Å². The van der Waals surface area contributed by atoms with E-state index in [0.29, 0.717) is 6.54 Å². The van der Waals surface area contributed by atoms with Gasteiger partial charge in [-0.1, -0.05) is 12.1 Å². The number of carboxylic acid groups (broad SMARTS) is 1. The maximum atomic E-state index is 10.5. The Bertz CT molecular complexity index is 377. The third-order valence-electron chi connectivity index (χ3n) is 2.32. The van der Waals surface area contributed by atoms with E-state index in [1.807, 2.05) is 25.1 Å². The van der Waals surface area contributed by atoms with Crippen LogP contribution in [-0.2, 0) is 11.3 Å². The number of methoxy groups -OCH3 is 1. The number of carboxylic acids is 1. The lowest BCUT2D eigenvalue weighted by atomic mass is 10.1. The van der Waals surface area contributed by atoms with Crippen molar-refractivity contribution in [2.75, 3.05) is 20.7 Å². The molecule has 1 rings (SSSR count). The van der Waals surface area contributed by atoms with Crippen molar-refractivity contribution in [1.82, 2.24) is 4.90 Å². The van der Waals surface area contributed by atoms with E-state index in [2.05, 4.69) is 0 Å². The summed E-state index contributed by atoms with van der Waals surface area (Å²) in [5.41, 5.74) is 2.14. The molecule has 0 spiro atoms. The molecule has 0 atom stereocenters. The number of aliphatic carboxylic acids is 1. The average molecular weight is 223 g/mol. The van der Waals surface area contributed by atoms with Crippen LogP contribution >= 0.6 is 0 Å². The number of hydrogen-bond acceptors (Lipinski definition) is 3. The molecule has 16 heavy (non-hydrogen) atoms. The number of ether oxygens (including phenoxy) is 1. The predicted molar refractivity (Wildman–Crippen MR) is 61.7 cm³/mol. The summed E-state index contributed by atoms with van der Waals surface area (Å²) in [5, 5.41) is 8.64. The summed E-state index contributed by atoms with van der Waals surface area (Å²) in [6.45, 7) is 2.64. The zero-order valence-corrected chi connectivity index (χ0v) is 9.86. The molecule has 88 valence electrons. The molecule has 0 amide bonds. The Hall–Kier alpha value is -1.55. The fourth-order valence-electron chi connectivity index (χ4n) is 1.64. The summed E-state index contributed by atoms with van der Waals surface area (Å²) in [5.74, 6) is 0.0392. The van der Waals surface area contributed by atoms with Gasteiger partial charge in [0.2, 0.25) is 0 Å². The number of aryl methyl sites for hydroxylation is 1. The molecule has 0 fully saturated rings. The van der Waals surface area contributed by atoms with Crippen molar-refractivity contribution in [2.45, 2.75) is 13.5 Å². The van der Waals surface area contributed by atoms with E-state index in [1.165, 1.54) is 0 Å². The summed E-state index contributed by atoms with van der Waals surface area (Å²) in [6, 6.07) is 5.86. The highest BCUT2D eigenvalue weighted by Gasteiger charge is 2.06. The third-order valence-corrected chi connectivity index (χ3v) is 2.32. The molecular weight excluding hydrogens is 206 g/mol. The Balaban J connectivity index is 2.67. The van der Waals surface area contributed by atoms with Gasteiger partial charge in [0.1, 0.15) is 5.75 Å². The number of nitrogens with zero attached hydrogens (tertiary/aromatic N) is 1. The average Bonchev–Trinajstić information content (AvgIpc) is 2.16. The third kappa shape index (κ3) is 3.55. The van der Waals surface area contributed by atoms with Gasteiger partial charge in [-0.15, -0.1) is 0 Å². The quantitative estimate of drug-likeness (QED) is 0.822. The molecule has 0 bridgehead atoms. The molecule has 0 saturated carbocycles. The summed E-state index contributed by atoms with van der Waals surface area (Å²) in [7, 11) is 3.42. The zero-order chi connectivity index (χ0) is 12.1. The van der Waals surface area contributed by atoms with Crippen molar-refractivity contribution in [1.29, 1.82) is 0 Å². The molecule has 1 N–H and O–H groups in total. The lowest BCUT2D eigenvalue weighted by Crippen LogP contribution is -2.25. The molecule has 0 saturated heterocycles. The first-order valence-corrected chi connectivity index (χ1v) is 5.06. The number of rotatable bonds is 5. The van der Waals surface area contributed by atoms with Crippen LogP contribution in [0.5, 0.6) is 5.75 Å². The Morgan fingerprint density at radius 1 is 1.50 bits per heavy atom. The van der Waals surface area contributed by atoms with Gasteiger partial charge >= 0.3 is 5.97 Å². The van der Waals surface area contributed by atoms with E-state index in [-0.39, 0.29) is 6.54 Å². The van der Waals surface area contributed by atoms with Crippen molar-refractivity contribution < 1.29 is 14.6 Å². The van der Waals surface area contributed by atoms with Crippen LogP contribution in [0.25, 0.3) is 0 Å². The van der Waals surface area contributed by atoms with Crippen LogP contribution in [0.15, 0.2) is 18.2 Å². The molecule has 1 aromatic rings. The van der Waals surface area contributed by atoms with Crippen LogP contribution in [0.2, 0.25) is 0 Å². The monoisotopic (exact) mass is 223 g/mol. The second-order valence-electron chi connectivity index (χ2n) is 3.87. The standard InChI is InChI=1S/C12H17NO3/c1-9-6-10(4-5-11(9)16-3)7-13(2)8-12(14)15/h4-6H,7-8H2,1-3H3,(H,14,15). The fourth-order valence-corrected chi connectivity index (χ4v) is 1.64. The van der Waals surface area contributed by atoms with Crippen LogP contribution in [0.1, 0.15) is 11.1 Å². The van der Waals surface area contributed by atoms with Crippen molar-refractivity contribution in [3.05, 3.63) is 29.3 Å². The van der Waals surface area contributed by atoms with E-state index in [4.69, 9.17) is 9.84 Å². The van der Waals surface area contributed by atoms with Gasteiger partial charge in [0, 0.05) is 6.54 Å². The Morgan fingerprint density at radius 2 is 2.19 bits per heavy atom. The SMILES string of the molecule is COc1ccc(CN(C)CC(=O)O)cc1C. The van der Waals surface area contributed by atoms with Gasteiger partial charge in [-0.2, -0.15) is 0 Å². The predicted octanol–water partition coefficient (Wildman–Crippen LogP) is 1.52. The number of hydrogen-bond donors (Lipinski definition) is 1. The molecule has 0 radical (unpaired) electrons. The first kappa shape index (κ1) is 12.5. The normalized spacial score (nSPS) is 10.5. The second kappa shape index (κ2) is 5.51. The van der Waals surface area contributed by atoms with Gasteiger partial charge in [-0.05, 0) is 31.2 Å². The molecule has 0 heterocycles. The van der Waals surface area contributed by atoms with Crippen molar-refractivity contribution in [3.8, 4) is 5.75 Å². The van der Waals surface area contributed by atoms with Gasteiger partial charge in [0.05, 0.1) is 13.7 Å². The van der Waals surface area contributed by atoms with E-state index < -0.39 is 5.97 Å². The van der Waals surface area contributed by atoms with E-state index in [9.17, 15) is 4.79 Å². The highest BCUT2D eigenvalue weighted by molar-refractivity contribution is 5.69. The molecule has 0 aliphatic heterocycles. The van der Waals surface area contributed by atoms with Gasteiger partial charge < -0.3 is 9.84 Å². The van der Waals surface area contributed by atoms with Gasteiger partial charge in [0.25, 0.3) is 0 Å². The highest BCUT2D eigenvalue weighted by Crippen LogP contribution is 2.19. The van der Waals surface area contributed by atoms with E-state index >= 15 is 0 Å². The first-order chi connectivity index (χ1) is 7.52. The molecule has 0 unspecified atom stereocenters. The van der Waals surface area contributed by atoms with Crippen LogP contribution in [0.3, 0.4) is 0 Å². The van der Waals surface area contributed by atoms with Crippen LogP contribution < -0.4 is 4.74 Å². The van der Waals surface area contributed by atoms with Crippen molar-refractivity contribution >= 4 is 5.97 Å². The Morgan fingerprint density at radius 3 is 2.69 bits per heavy atom. The summed E-state index contributed by atoms with van der Waals surface area (Å²) >= 11 is 0. The lowest BCUT2D eigenvalue weighted by Gasteiger charge is -2.15. The Kier molecular flexibility index (Phi) is 4.31. The number of benzene rings is 1. The maximum Gasteiger partial charge on any atom is 0.317 e. The highest BCUT2D eigenvalue weighted by atomic mass is 16.5. The largest absolute Gasteiger partial charge is 0.496 e. The molecular formula is C12H17NO3. The van der Waals surface area contributed by atoms with Gasteiger partial charge in [-0.3, -0.25) is 9.69 Å². The molecule has 1 aromatic carbocycles. The maximum absolute atomic E-state index is 10.5. The summed E-state index contributed by atoms with van der Waals surface area (Å²) in [4.78, 5) is 12.3. The summed E-state index contributed by atoms with van der Waals surface area (Å²) < 4.78 is 5.16. The number of carbonyl (C=O) groups is 1. The number of likely N-dealkylation sites (N-methyl/N-ethyl adjacent to an activating group) is 1. The van der Waals surface area contributed by atoms with Gasteiger partial charge in [-0.25, -0.2) is 0 Å². The minimum Gasteiger partial charge on any atom is -0.496 e. The fraction of sp³-hybridized carbons (Fsp3) is 0.417. The molecule has 0 aliphatic rings. The van der Waals surface area contributed by atoms with E-state index in [1.54, 1.807) is 19.1 Å². The lowest BCUT2D eigenvalue weighted by molar-refractivity contribution is -0.138. The minimum atomic E-state index is -0.812.